The first-order valence-electron chi connectivity index (χ1n) is 10.7. The van der Waals surface area contributed by atoms with E-state index in [0.29, 0.717) is 27.5 Å². The van der Waals surface area contributed by atoms with Crippen molar-refractivity contribution in [3.8, 4) is 5.69 Å². The average molecular weight is 475 g/mol. The van der Waals surface area contributed by atoms with Crippen LogP contribution in [0.4, 0.5) is 5.88 Å². The molecule has 3 aromatic heterocycles. The van der Waals surface area contributed by atoms with Gasteiger partial charge in [0.15, 0.2) is 5.16 Å². The Hall–Kier alpha value is -3.92. The predicted molar refractivity (Wildman–Crippen MR) is 131 cm³/mol. The van der Waals surface area contributed by atoms with Crippen molar-refractivity contribution in [3.05, 3.63) is 75.7 Å². The van der Waals surface area contributed by atoms with Crippen LogP contribution in [0.1, 0.15) is 23.7 Å². The second-order valence-electron chi connectivity index (χ2n) is 8.10. The van der Waals surface area contributed by atoms with Gasteiger partial charge in [-0.05, 0) is 51.0 Å². The number of rotatable bonds is 5. The van der Waals surface area contributed by atoms with Gasteiger partial charge in [-0.15, -0.1) is 10.2 Å². The number of carbonyl (C=O) groups is 1. The number of thioether (sulfide) groups is 1. The summed E-state index contributed by atoms with van der Waals surface area (Å²) in [7, 11) is 0. The van der Waals surface area contributed by atoms with E-state index in [1.54, 1.807) is 30.5 Å². The van der Waals surface area contributed by atoms with E-state index in [2.05, 4.69) is 20.7 Å². The Morgan fingerprint density at radius 2 is 1.79 bits per heavy atom. The highest BCUT2D eigenvalue weighted by Crippen LogP contribution is 2.28. The smallest absolute Gasteiger partial charge is 0.267 e. The first-order chi connectivity index (χ1) is 16.3. The van der Waals surface area contributed by atoms with Gasteiger partial charge < -0.3 is 4.52 Å². The minimum absolute atomic E-state index is 0.170. The zero-order valence-electron chi connectivity index (χ0n) is 19.1. The first-order valence-corrected chi connectivity index (χ1v) is 11.6. The first kappa shape index (κ1) is 21.9. The fourth-order valence-corrected chi connectivity index (χ4v) is 4.83. The van der Waals surface area contributed by atoms with Gasteiger partial charge in [0.05, 0.1) is 27.5 Å². The molecule has 2 aromatic carbocycles. The van der Waals surface area contributed by atoms with Crippen molar-refractivity contribution in [2.75, 3.05) is 5.32 Å². The van der Waals surface area contributed by atoms with Crippen LogP contribution in [0.5, 0.6) is 0 Å². The molecule has 0 fully saturated rings. The minimum atomic E-state index is -0.517. The van der Waals surface area contributed by atoms with Crippen LogP contribution in [0.25, 0.3) is 22.4 Å². The van der Waals surface area contributed by atoms with E-state index in [-0.39, 0.29) is 17.4 Å². The molecule has 0 aliphatic rings. The van der Waals surface area contributed by atoms with Crippen LogP contribution in [0, 0.1) is 20.8 Å². The topological polar surface area (TPSA) is 107 Å². The predicted octanol–water partition coefficient (Wildman–Crippen LogP) is 4.07. The molecule has 0 saturated heterocycles. The molecule has 0 saturated carbocycles. The fraction of sp³-hybridized carbons (Fsp3) is 0.208. The van der Waals surface area contributed by atoms with Crippen LogP contribution in [-0.2, 0) is 4.79 Å². The third kappa shape index (κ3) is 3.65. The lowest BCUT2D eigenvalue weighted by molar-refractivity contribution is -0.115. The Balaban J connectivity index is 1.64. The van der Waals surface area contributed by atoms with E-state index >= 15 is 0 Å². The summed E-state index contributed by atoms with van der Waals surface area (Å²) in [6.45, 7) is 7.47. The molecule has 1 atom stereocenters. The third-order valence-electron chi connectivity index (χ3n) is 5.58. The Morgan fingerprint density at radius 3 is 2.50 bits per heavy atom. The highest BCUT2D eigenvalue weighted by Gasteiger charge is 2.23. The molecule has 34 heavy (non-hydrogen) atoms. The lowest BCUT2D eigenvalue weighted by atomic mass is 10.1. The monoisotopic (exact) mass is 474 g/mol. The molecule has 9 nitrogen and oxygen atoms in total. The number of aryl methyl sites for hydroxylation is 3. The number of nitrogens with one attached hydrogen (secondary N) is 1. The molecule has 1 amide bonds. The summed E-state index contributed by atoms with van der Waals surface area (Å²) in [5.41, 5.74) is 3.86. The molecule has 172 valence electrons. The van der Waals surface area contributed by atoms with Crippen molar-refractivity contribution in [1.29, 1.82) is 0 Å². The quantitative estimate of drug-likeness (QED) is 0.383. The number of fused-ring (bicyclic) bond motifs is 3. The normalized spacial score (nSPS) is 12.4. The van der Waals surface area contributed by atoms with E-state index in [4.69, 9.17) is 4.52 Å². The fourth-order valence-electron chi connectivity index (χ4n) is 3.97. The zero-order valence-corrected chi connectivity index (χ0v) is 19.9. The second-order valence-corrected chi connectivity index (χ2v) is 9.41. The minimum Gasteiger partial charge on any atom is -0.338 e. The van der Waals surface area contributed by atoms with Crippen LogP contribution in [-0.4, -0.2) is 35.5 Å². The van der Waals surface area contributed by atoms with Gasteiger partial charge in [-0.25, -0.2) is 4.57 Å². The Bertz CT molecular complexity index is 1600. The highest BCUT2D eigenvalue weighted by atomic mass is 32.2. The molecule has 5 aromatic rings. The van der Waals surface area contributed by atoms with E-state index in [0.717, 1.165) is 16.8 Å². The second kappa shape index (κ2) is 8.45. The number of aromatic nitrogens is 5. The van der Waals surface area contributed by atoms with Crippen molar-refractivity contribution in [2.24, 2.45) is 0 Å². The van der Waals surface area contributed by atoms with Gasteiger partial charge in [0, 0.05) is 6.07 Å². The highest BCUT2D eigenvalue weighted by molar-refractivity contribution is 8.00. The van der Waals surface area contributed by atoms with Gasteiger partial charge in [0.1, 0.15) is 0 Å². The van der Waals surface area contributed by atoms with Crippen molar-refractivity contribution >= 4 is 40.2 Å². The maximum Gasteiger partial charge on any atom is 0.267 e. The maximum absolute atomic E-state index is 13.6. The van der Waals surface area contributed by atoms with E-state index in [1.807, 2.05) is 54.6 Å². The number of hydrogen-bond donors (Lipinski definition) is 1. The van der Waals surface area contributed by atoms with E-state index in [9.17, 15) is 9.59 Å². The van der Waals surface area contributed by atoms with Crippen LogP contribution in [0.15, 0.2) is 63.0 Å². The molecular weight excluding hydrogens is 452 g/mol. The summed E-state index contributed by atoms with van der Waals surface area (Å²) in [6.07, 6.45) is 0. The van der Waals surface area contributed by atoms with Crippen LogP contribution in [0.3, 0.4) is 0 Å². The Kier molecular flexibility index (Phi) is 5.45. The third-order valence-corrected chi connectivity index (χ3v) is 6.63. The van der Waals surface area contributed by atoms with Gasteiger partial charge in [-0.2, -0.15) is 0 Å². The van der Waals surface area contributed by atoms with Gasteiger partial charge in [-0.1, -0.05) is 47.3 Å². The van der Waals surface area contributed by atoms with Crippen molar-refractivity contribution in [3.63, 3.8) is 0 Å². The number of amides is 1. The maximum atomic E-state index is 13.6. The molecule has 0 spiro atoms. The summed E-state index contributed by atoms with van der Waals surface area (Å²) < 4.78 is 8.52. The van der Waals surface area contributed by atoms with Crippen LogP contribution >= 0.6 is 11.8 Å². The van der Waals surface area contributed by atoms with Crippen LogP contribution in [0.2, 0.25) is 0 Å². The summed E-state index contributed by atoms with van der Waals surface area (Å²) in [4.78, 5) is 26.3. The Morgan fingerprint density at radius 1 is 1.06 bits per heavy atom. The lowest BCUT2D eigenvalue weighted by Gasteiger charge is -2.16. The summed E-state index contributed by atoms with van der Waals surface area (Å²) >= 11 is 1.25. The zero-order chi connectivity index (χ0) is 24.0. The van der Waals surface area contributed by atoms with Gasteiger partial charge >= 0.3 is 0 Å². The SMILES string of the molecule is Cc1cc(NC(=O)C(C)Sc2nnc3n(-c4c(C)cccc4C)c(=O)c4ccccc4n23)on1. The summed E-state index contributed by atoms with van der Waals surface area (Å²) in [5, 5.41) is 15.8. The molecule has 5 rings (SSSR count). The van der Waals surface area contributed by atoms with Crippen LogP contribution < -0.4 is 10.9 Å². The van der Waals surface area contributed by atoms with E-state index < -0.39 is 5.25 Å². The lowest BCUT2D eigenvalue weighted by Crippen LogP contribution is -2.24. The molecule has 0 aliphatic carbocycles. The molecule has 10 heteroatoms. The van der Waals surface area contributed by atoms with Crippen molar-refractivity contribution in [1.82, 2.24) is 24.3 Å². The largest absolute Gasteiger partial charge is 0.338 e. The van der Waals surface area contributed by atoms with Gasteiger partial charge in [0.25, 0.3) is 5.56 Å². The standard InChI is InChI=1S/C24H22N6O3S/c1-13-8-7-9-14(2)20(13)30-22(32)17-10-5-6-11-18(17)29-23(30)26-27-24(29)34-16(4)21(31)25-19-12-15(3)28-33-19/h5-12,16H,1-4H3,(H,25,31). The molecule has 1 unspecified atom stereocenters. The number of anilines is 1. The molecular formula is C24H22N6O3S. The average Bonchev–Trinajstić information content (AvgIpc) is 3.41. The molecule has 3 heterocycles. The number of carbonyl (C=O) groups excluding carboxylic acids is 1. The molecule has 0 radical (unpaired) electrons. The van der Waals surface area contributed by atoms with E-state index in [1.165, 1.54) is 11.8 Å². The number of nitrogens with zero attached hydrogens (tertiary/aromatic N) is 5. The summed E-state index contributed by atoms with van der Waals surface area (Å²) in [5.74, 6) is 0.419. The molecule has 1 N–H and O–H groups in total. The van der Waals surface area contributed by atoms with Gasteiger partial charge in [0.2, 0.25) is 17.6 Å². The number of benzene rings is 2. The Labute approximate surface area is 198 Å². The van der Waals surface area contributed by atoms with Gasteiger partial charge in [-0.3, -0.25) is 19.3 Å². The van der Waals surface area contributed by atoms with Crippen molar-refractivity contribution < 1.29 is 9.32 Å². The number of para-hydroxylation sites is 2. The molecule has 0 aliphatic heterocycles. The summed E-state index contributed by atoms with van der Waals surface area (Å²) in [6, 6.07) is 14.9. The van der Waals surface area contributed by atoms with Crippen molar-refractivity contribution in [2.45, 2.75) is 38.1 Å². The number of hydrogen-bond acceptors (Lipinski definition) is 7. The molecule has 0 bridgehead atoms.